The summed E-state index contributed by atoms with van der Waals surface area (Å²) in [6.45, 7) is 8.32. The number of hydroxylamine groups is 1. The van der Waals surface area contributed by atoms with Crippen LogP contribution in [0, 0.1) is 6.92 Å². The van der Waals surface area contributed by atoms with E-state index in [9.17, 15) is 4.79 Å². The van der Waals surface area contributed by atoms with Crippen LogP contribution in [-0.4, -0.2) is 38.2 Å². The highest BCUT2D eigenvalue weighted by atomic mass is 16.5. The van der Waals surface area contributed by atoms with Crippen molar-refractivity contribution in [1.29, 1.82) is 0 Å². The quantitative estimate of drug-likeness (QED) is 0.349. The number of nitrogens with one attached hydrogen (secondary N) is 1. The number of nitrogens with zero attached hydrogens (tertiary/aromatic N) is 3. The molecule has 0 saturated carbocycles. The molecule has 6 heteroatoms. The molecule has 0 unspecified atom stereocenters. The van der Waals surface area contributed by atoms with Crippen LogP contribution in [0.15, 0.2) is 54.7 Å². The maximum atomic E-state index is 11.1. The molecule has 0 fully saturated rings. The van der Waals surface area contributed by atoms with Crippen molar-refractivity contribution >= 4 is 17.5 Å². The molecule has 0 bridgehead atoms. The van der Waals surface area contributed by atoms with Gasteiger partial charge in [-0.1, -0.05) is 30.3 Å². The van der Waals surface area contributed by atoms with Crippen molar-refractivity contribution in [3.63, 3.8) is 0 Å². The monoisotopic (exact) mass is 392 g/mol. The van der Waals surface area contributed by atoms with E-state index in [-0.39, 0.29) is 0 Å². The second-order valence-electron chi connectivity index (χ2n) is 7.46. The molecule has 2 aromatic heterocycles. The van der Waals surface area contributed by atoms with E-state index in [0.29, 0.717) is 6.04 Å². The summed E-state index contributed by atoms with van der Waals surface area (Å²) in [5.41, 5.74) is 7.29. The zero-order valence-corrected chi connectivity index (χ0v) is 17.2. The number of aryl methyl sites for hydroxylation is 1. The van der Waals surface area contributed by atoms with Crippen LogP contribution in [0.5, 0.6) is 0 Å². The van der Waals surface area contributed by atoms with Gasteiger partial charge < -0.3 is 0 Å². The zero-order chi connectivity index (χ0) is 20.8. The summed E-state index contributed by atoms with van der Waals surface area (Å²) < 4.78 is 1.95. The molecule has 29 heavy (non-hydrogen) atoms. The Morgan fingerprint density at radius 3 is 2.69 bits per heavy atom. The maximum Gasteiger partial charge on any atom is 0.267 e. The van der Waals surface area contributed by atoms with E-state index in [1.807, 2.05) is 28.9 Å². The van der Waals surface area contributed by atoms with Crippen molar-refractivity contribution in [2.24, 2.45) is 0 Å². The lowest BCUT2D eigenvalue weighted by molar-refractivity contribution is -0.124. The Kier molecular flexibility index (Phi) is 6.80. The highest BCUT2D eigenvalue weighted by Crippen LogP contribution is 2.18. The topological polar surface area (TPSA) is 69.9 Å². The maximum absolute atomic E-state index is 11.1. The van der Waals surface area contributed by atoms with Gasteiger partial charge in [0.25, 0.3) is 5.91 Å². The van der Waals surface area contributed by atoms with Crippen LogP contribution in [0.1, 0.15) is 36.2 Å². The smallest absolute Gasteiger partial charge is 0.267 e. The Labute approximate surface area is 171 Å². The molecule has 0 spiro atoms. The fourth-order valence-electron chi connectivity index (χ4n) is 3.43. The van der Waals surface area contributed by atoms with Crippen LogP contribution < -0.4 is 5.48 Å². The second-order valence-corrected chi connectivity index (χ2v) is 7.46. The largest absolute Gasteiger partial charge is 0.296 e. The van der Waals surface area contributed by atoms with Gasteiger partial charge in [0.15, 0.2) is 0 Å². The Hall–Kier alpha value is -2.96. The van der Waals surface area contributed by atoms with Crippen molar-refractivity contribution < 1.29 is 10.0 Å². The van der Waals surface area contributed by atoms with E-state index >= 15 is 0 Å². The third kappa shape index (κ3) is 5.31. The van der Waals surface area contributed by atoms with Gasteiger partial charge in [0.05, 0.1) is 11.2 Å². The lowest BCUT2D eigenvalue weighted by Crippen LogP contribution is -2.32. The van der Waals surface area contributed by atoms with Crippen LogP contribution in [-0.2, 0) is 17.8 Å². The summed E-state index contributed by atoms with van der Waals surface area (Å²) in [5, 5.41) is 13.2. The zero-order valence-electron chi connectivity index (χ0n) is 17.2. The van der Waals surface area contributed by atoms with Crippen LogP contribution in [0.3, 0.4) is 0 Å². The van der Waals surface area contributed by atoms with Gasteiger partial charge in [-0.05, 0) is 56.5 Å². The minimum atomic E-state index is -0.539. The second kappa shape index (κ2) is 9.49. The van der Waals surface area contributed by atoms with Gasteiger partial charge in [0, 0.05) is 37.0 Å². The summed E-state index contributed by atoms with van der Waals surface area (Å²) in [7, 11) is 0. The van der Waals surface area contributed by atoms with Crippen molar-refractivity contribution in [3.05, 3.63) is 77.1 Å². The predicted octanol–water partition coefficient (Wildman–Crippen LogP) is 3.61. The molecular formula is C23H28N4O2. The number of rotatable bonds is 8. The summed E-state index contributed by atoms with van der Waals surface area (Å²) in [5.74, 6) is -0.539. The number of hydrogen-bond acceptors (Lipinski definition) is 4. The number of carbonyl (C=O) groups excluding carboxylic acids is 1. The first-order valence-corrected chi connectivity index (χ1v) is 9.86. The molecule has 0 aliphatic carbocycles. The third-order valence-corrected chi connectivity index (χ3v) is 5.13. The summed E-state index contributed by atoms with van der Waals surface area (Å²) in [6.07, 6.45) is 5.92. The van der Waals surface area contributed by atoms with Crippen molar-refractivity contribution in [3.8, 4) is 0 Å². The average Bonchev–Trinajstić information content (AvgIpc) is 3.05. The van der Waals surface area contributed by atoms with Crippen LogP contribution in [0.25, 0.3) is 11.6 Å². The van der Waals surface area contributed by atoms with E-state index in [4.69, 9.17) is 5.21 Å². The normalized spacial score (nSPS) is 11.8. The highest BCUT2D eigenvalue weighted by molar-refractivity contribution is 5.90. The number of aromatic nitrogens is 2. The molecule has 0 atom stereocenters. The lowest BCUT2D eigenvalue weighted by Gasteiger charge is -2.26. The number of fused-ring (bicyclic) bond motifs is 1. The molecule has 2 N–H and O–H groups in total. The van der Waals surface area contributed by atoms with Crippen molar-refractivity contribution in [1.82, 2.24) is 20.0 Å². The Morgan fingerprint density at radius 2 is 2.00 bits per heavy atom. The molecule has 0 aliphatic heterocycles. The molecular weight excluding hydrogens is 364 g/mol. The Bertz CT molecular complexity index is 990. The number of benzene rings is 1. The van der Waals surface area contributed by atoms with E-state index < -0.39 is 5.91 Å². The van der Waals surface area contributed by atoms with E-state index in [1.54, 1.807) is 11.6 Å². The minimum Gasteiger partial charge on any atom is -0.296 e. The number of amides is 1. The molecule has 1 aromatic carbocycles. The van der Waals surface area contributed by atoms with Crippen molar-refractivity contribution in [2.45, 2.75) is 39.8 Å². The number of hydrogen-bond donors (Lipinski definition) is 2. The van der Waals surface area contributed by atoms with Crippen LogP contribution >= 0.6 is 0 Å². The Morgan fingerprint density at radius 1 is 1.24 bits per heavy atom. The van der Waals surface area contributed by atoms with Gasteiger partial charge in [-0.15, -0.1) is 0 Å². The molecule has 0 aliphatic rings. The molecule has 3 rings (SSSR count). The van der Waals surface area contributed by atoms with Gasteiger partial charge in [0.2, 0.25) is 0 Å². The third-order valence-electron chi connectivity index (χ3n) is 5.13. The minimum absolute atomic E-state index is 0.421. The molecule has 1 amide bonds. The first kappa shape index (κ1) is 20.8. The fourth-order valence-corrected chi connectivity index (χ4v) is 3.43. The molecule has 152 valence electrons. The highest BCUT2D eigenvalue weighted by Gasteiger charge is 2.14. The first-order valence-electron chi connectivity index (χ1n) is 9.86. The summed E-state index contributed by atoms with van der Waals surface area (Å²) in [6, 6.07) is 14.7. The van der Waals surface area contributed by atoms with Gasteiger partial charge in [-0.25, -0.2) is 10.00 Å². The lowest BCUT2D eigenvalue weighted by atomic mass is 10.1. The summed E-state index contributed by atoms with van der Waals surface area (Å²) in [4.78, 5) is 13.5. The van der Waals surface area contributed by atoms with Gasteiger partial charge in [0.1, 0.15) is 0 Å². The predicted molar refractivity (Wildman–Crippen MR) is 115 cm³/mol. The molecule has 3 aromatic rings. The van der Waals surface area contributed by atoms with E-state index in [0.717, 1.165) is 30.8 Å². The first-order chi connectivity index (χ1) is 14.0. The van der Waals surface area contributed by atoms with E-state index in [1.165, 1.54) is 22.7 Å². The standard InChI is InChI=1S/C23H28N4O2/c1-17(2)26(15-13-21-18(3)24-27-14-5-4-6-22(21)27)16-20-9-7-19(8-10-20)11-12-23(28)25-29/h4-12,14,17,29H,13,15-16H2,1-3H3,(H,25,28). The van der Waals surface area contributed by atoms with Gasteiger partial charge in [-0.3, -0.25) is 14.9 Å². The molecule has 2 heterocycles. The average molecular weight is 393 g/mol. The number of pyridine rings is 1. The van der Waals surface area contributed by atoms with Crippen LogP contribution in [0.2, 0.25) is 0 Å². The van der Waals surface area contributed by atoms with Gasteiger partial charge >= 0.3 is 0 Å². The van der Waals surface area contributed by atoms with E-state index in [2.05, 4.69) is 55.0 Å². The fraction of sp³-hybridized carbons (Fsp3) is 0.304. The van der Waals surface area contributed by atoms with Crippen molar-refractivity contribution in [2.75, 3.05) is 6.54 Å². The van der Waals surface area contributed by atoms with Crippen LogP contribution in [0.4, 0.5) is 0 Å². The SMILES string of the molecule is Cc1nn2ccccc2c1CCN(Cc1ccc(C=CC(=O)NO)cc1)C(C)C. The number of carbonyl (C=O) groups is 1. The molecule has 6 nitrogen and oxygen atoms in total. The van der Waals surface area contributed by atoms with Gasteiger partial charge in [-0.2, -0.15) is 5.10 Å². The summed E-state index contributed by atoms with van der Waals surface area (Å²) >= 11 is 0. The Balaban J connectivity index is 1.66. The molecule has 0 saturated heterocycles. The molecule has 0 radical (unpaired) electrons.